The second-order valence-corrected chi connectivity index (χ2v) is 9.08. The number of hydrogen-bond donors (Lipinski definition) is 3. The number of fused-ring (bicyclic) bond motifs is 2. The summed E-state index contributed by atoms with van der Waals surface area (Å²) < 4.78 is 22.6. The van der Waals surface area contributed by atoms with E-state index < -0.39 is 10.0 Å². The molecule has 5 N–H and O–H groups in total. The second kappa shape index (κ2) is 5.92. The first kappa shape index (κ1) is 15.9. The number of amides is 1. The van der Waals surface area contributed by atoms with Gasteiger partial charge in [0.05, 0.1) is 5.56 Å². The second-order valence-electron chi connectivity index (χ2n) is 6.38. The number of carbonyl (C=O) groups is 1. The van der Waals surface area contributed by atoms with Crippen molar-refractivity contribution >= 4 is 27.3 Å². The van der Waals surface area contributed by atoms with E-state index in [0.717, 1.165) is 37.0 Å². The molecular formula is C14H21N3O3S2. The Morgan fingerprint density at radius 2 is 1.91 bits per heavy atom. The molecular weight excluding hydrogens is 322 g/mol. The van der Waals surface area contributed by atoms with E-state index in [4.69, 9.17) is 10.9 Å². The topological polar surface area (TPSA) is 115 Å². The van der Waals surface area contributed by atoms with Crippen molar-refractivity contribution in [3.63, 3.8) is 0 Å². The average molecular weight is 343 g/mol. The largest absolute Gasteiger partial charge is 0.349 e. The molecule has 6 nitrogen and oxygen atoms in total. The number of hydrogen-bond acceptors (Lipinski definition) is 5. The van der Waals surface area contributed by atoms with Crippen LogP contribution in [0.3, 0.4) is 0 Å². The van der Waals surface area contributed by atoms with Crippen LogP contribution in [0.5, 0.6) is 0 Å². The molecule has 22 heavy (non-hydrogen) atoms. The van der Waals surface area contributed by atoms with Crippen LogP contribution in [-0.2, 0) is 10.0 Å². The number of primary sulfonamides is 1. The Balaban J connectivity index is 1.73. The van der Waals surface area contributed by atoms with Crippen molar-refractivity contribution in [2.45, 2.75) is 48.4 Å². The van der Waals surface area contributed by atoms with E-state index in [2.05, 4.69) is 5.32 Å². The number of carbonyl (C=O) groups excluding carboxylic acids is 1. The zero-order valence-electron chi connectivity index (χ0n) is 12.2. The van der Waals surface area contributed by atoms with Crippen LogP contribution in [0.1, 0.15) is 42.5 Å². The van der Waals surface area contributed by atoms with Crippen LogP contribution in [0, 0.1) is 11.8 Å². The maximum Gasteiger partial charge on any atom is 0.252 e. The van der Waals surface area contributed by atoms with Gasteiger partial charge in [0.1, 0.15) is 4.21 Å². The van der Waals surface area contributed by atoms with Crippen molar-refractivity contribution in [2.75, 3.05) is 0 Å². The SMILES string of the molecule is NC1CC2CCCC(C1)C2NC(=O)c1csc(S(N)(=O)=O)c1. The molecule has 1 aromatic rings. The Bertz CT molecular complexity index is 657. The van der Waals surface area contributed by atoms with Gasteiger partial charge in [-0.3, -0.25) is 4.79 Å². The summed E-state index contributed by atoms with van der Waals surface area (Å²) in [7, 11) is -3.75. The lowest BCUT2D eigenvalue weighted by molar-refractivity contribution is 0.0756. The molecule has 8 heteroatoms. The highest BCUT2D eigenvalue weighted by molar-refractivity contribution is 7.91. The molecule has 2 bridgehead atoms. The van der Waals surface area contributed by atoms with Gasteiger partial charge in [-0.1, -0.05) is 6.42 Å². The summed E-state index contributed by atoms with van der Waals surface area (Å²) in [5.74, 6) is 0.647. The molecule has 2 atom stereocenters. The molecule has 0 aromatic carbocycles. The van der Waals surface area contributed by atoms with E-state index in [-0.39, 0.29) is 22.2 Å². The van der Waals surface area contributed by atoms with Crippen LogP contribution in [-0.4, -0.2) is 26.4 Å². The van der Waals surface area contributed by atoms with Gasteiger partial charge in [0.2, 0.25) is 10.0 Å². The maximum atomic E-state index is 12.4. The zero-order chi connectivity index (χ0) is 15.9. The molecule has 1 amide bonds. The third-order valence-electron chi connectivity index (χ3n) is 4.79. The number of sulfonamides is 1. The molecule has 0 radical (unpaired) electrons. The van der Waals surface area contributed by atoms with Gasteiger partial charge in [0, 0.05) is 17.5 Å². The molecule has 1 heterocycles. The van der Waals surface area contributed by atoms with Gasteiger partial charge in [-0.2, -0.15) is 0 Å². The lowest BCUT2D eigenvalue weighted by Crippen LogP contribution is -2.53. The number of nitrogens with one attached hydrogen (secondary N) is 1. The molecule has 1 aromatic heterocycles. The van der Waals surface area contributed by atoms with Crippen molar-refractivity contribution in [3.8, 4) is 0 Å². The van der Waals surface area contributed by atoms with E-state index in [0.29, 0.717) is 17.4 Å². The van der Waals surface area contributed by atoms with Crippen LogP contribution in [0.15, 0.2) is 15.7 Å². The van der Waals surface area contributed by atoms with Gasteiger partial charge < -0.3 is 11.1 Å². The standard InChI is InChI=1S/C14H21N3O3S2/c15-11-4-8-2-1-3-9(5-11)13(8)17-14(18)10-6-12(21-7-10)22(16,19)20/h6-9,11,13H,1-5,15H2,(H,17,18)(H2,16,19,20). The molecule has 2 fully saturated rings. The number of rotatable bonds is 3. The summed E-state index contributed by atoms with van der Waals surface area (Å²) in [5, 5.41) is 9.72. The first-order chi connectivity index (χ1) is 10.3. The van der Waals surface area contributed by atoms with E-state index >= 15 is 0 Å². The Kier molecular flexibility index (Phi) is 4.28. The fraction of sp³-hybridized carbons (Fsp3) is 0.643. The van der Waals surface area contributed by atoms with Crippen LogP contribution < -0.4 is 16.2 Å². The minimum Gasteiger partial charge on any atom is -0.349 e. The molecule has 2 aliphatic rings. The van der Waals surface area contributed by atoms with Crippen LogP contribution >= 0.6 is 11.3 Å². The Hall–Kier alpha value is -0.960. The lowest BCUT2D eigenvalue weighted by Gasteiger charge is -2.45. The van der Waals surface area contributed by atoms with Gasteiger partial charge >= 0.3 is 0 Å². The van der Waals surface area contributed by atoms with Crippen molar-refractivity contribution in [2.24, 2.45) is 22.7 Å². The first-order valence-corrected chi connectivity index (χ1v) is 9.95. The van der Waals surface area contributed by atoms with Crippen molar-refractivity contribution in [3.05, 3.63) is 17.0 Å². The van der Waals surface area contributed by atoms with Crippen LogP contribution in [0.4, 0.5) is 0 Å². The summed E-state index contributed by atoms with van der Waals surface area (Å²) in [4.78, 5) is 12.4. The summed E-state index contributed by atoms with van der Waals surface area (Å²) in [6.07, 6.45) is 5.30. The normalized spacial score (nSPS) is 31.7. The van der Waals surface area contributed by atoms with E-state index in [1.807, 2.05) is 0 Å². The summed E-state index contributed by atoms with van der Waals surface area (Å²) >= 11 is 0.975. The van der Waals surface area contributed by atoms with Crippen LogP contribution in [0.25, 0.3) is 0 Å². The molecule has 0 aliphatic heterocycles. The molecule has 2 unspecified atom stereocenters. The highest BCUT2D eigenvalue weighted by Crippen LogP contribution is 2.39. The van der Waals surface area contributed by atoms with Gasteiger partial charge in [-0.05, 0) is 43.6 Å². The fourth-order valence-electron chi connectivity index (χ4n) is 3.84. The predicted molar refractivity (Wildman–Crippen MR) is 85.0 cm³/mol. The van der Waals surface area contributed by atoms with Crippen molar-refractivity contribution in [1.29, 1.82) is 0 Å². The van der Waals surface area contributed by atoms with Crippen molar-refractivity contribution < 1.29 is 13.2 Å². The third kappa shape index (κ3) is 3.19. The number of thiophene rings is 1. The Morgan fingerprint density at radius 3 is 2.45 bits per heavy atom. The summed E-state index contributed by atoms with van der Waals surface area (Å²) in [6.45, 7) is 0. The molecule has 0 saturated heterocycles. The van der Waals surface area contributed by atoms with E-state index in [1.54, 1.807) is 5.38 Å². The van der Waals surface area contributed by atoms with E-state index in [9.17, 15) is 13.2 Å². The molecule has 2 aliphatic carbocycles. The van der Waals surface area contributed by atoms with Gasteiger partial charge in [0.15, 0.2) is 0 Å². The monoisotopic (exact) mass is 343 g/mol. The molecule has 2 saturated carbocycles. The number of nitrogens with two attached hydrogens (primary N) is 2. The quantitative estimate of drug-likeness (QED) is 0.760. The van der Waals surface area contributed by atoms with Gasteiger partial charge in [0.25, 0.3) is 5.91 Å². The molecule has 3 rings (SSSR count). The van der Waals surface area contributed by atoms with E-state index in [1.165, 1.54) is 12.5 Å². The predicted octanol–water partition coefficient (Wildman–Crippen LogP) is 1.03. The molecule has 122 valence electrons. The van der Waals surface area contributed by atoms with Crippen molar-refractivity contribution in [1.82, 2.24) is 5.32 Å². The maximum absolute atomic E-state index is 12.4. The van der Waals surface area contributed by atoms with Gasteiger partial charge in [-0.25, -0.2) is 13.6 Å². The average Bonchev–Trinajstić information content (AvgIpc) is 2.89. The summed E-state index contributed by atoms with van der Waals surface area (Å²) in [6, 6.07) is 1.73. The van der Waals surface area contributed by atoms with Gasteiger partial charge in [-0.15, -0.1) is 11.3 Å². The zero-order valence-corrected chi connectivity index (χ0v) is 13.8. The minimum atomic E-state index is -3.75. The molecule has 0 spiro atoms. The van der Waals surface area contributed by atoms with Crippen LogP contribution in [0.2, 0.25) is 0 Å². The Morgan fingerprint density at radius 1 is 1.27 bits per heavy atom. The first-order valence-electron chi connectivity index (χ1n) is 7.52. The smallest absolute Gasteiger partial charge is 0.252 e. The third-order valence-corrected chi connectivity index (χ3v) is 7.18. The Labute approximate surface area is 134 Å². The highest BCUT2D eigenvalue weighted by Gasteiger charge is 2.40. The summed E-state index contributed by atoms with van der Waals surface area (Å²) in [5.41, 5.74) is 6.45. The minimum absolute atomic E-state index is 0.0171. The fourth-order valence-corrected chi connectivity index (χ4v) is 5.43. The lowest BCUT2D eigenvalue weighted by atomic mass is 9.67. The highest BCUT2D eigenvalue weighted by atomic mass is 32.2.